The highest BCUT2D eigenvalue weighted by Gasteiger charge is 2.32. The Hall–Kier alpha value is -0.230. The molecule has 1 aliphatic rings. The first kappa shape index (κ1) is 9.85. The highest BCUT2D eigenvalue weighted by molar-refractivity contribution is 7.48. The van der Waals surface area contributed by atoms with Crippen LogP contribution in [0.2, 0.25) is 0 Å². The van der Waals surface area contributed by atoms with Gasteiger partial charge in [0.25, 0.3) is 8.54 Å². The molecule has 0 atom stereocenters. The summed E-state index contributed by atoms with van der Waals surface area (Å²) in [5.41, 5.74) is 0. The lowest BCUT2D eigenvalue weighted by Gasteiger charge is -2.24. The zero-order valence-corrected chi connectivity index (χ0v) is 8.19. The van der Waals surface area contributed by atoms with E-state index in [4.69, 9.17) is 0 Å². The van der Waals surface area contributed by atoms with Crippen molar-refractivity contribution in [2.24, 2.45) is 5.92 Å². The largest absolute Gasteiger partial charge is 0.271 e. The zero-order valence-electron chi connectivity index (χ0n) is 7.30. The molecule has 0 aromatic rings. The molecule has 0 bridgehead atoms. The molecule has 12 heavy (non-hydrogen) atoms. The van der Waals surface area contributed by atoms with Crippen LogP contribution in [0, 0.1) is 5.92 Å². The molecule has 0 spiro atoms. The van der Waals surface area contributed by atoms with Crippen molar-refractivity contribution in [2.75, 3.05) is 0 Å². The molecular formula is C9H13F2P. The van der Waals surface area contributed by atoms with Crippen molar-refractivity contribution >= 4 is 8.54 Å². The second-order valence-corrected chi connectivity index (χ2v) is 5.36. The SMILES string of the molecule is CC(C)(CC1C=CC=C1)P(F)F. The number of halogens is 2. The molecule has 1 aliphatic carbocycles. The number of allylic oxidation sites excluding steroid dienone is 4. The van der Waals surface area contributed by atoms with Gasteiger partial charge in [0.1, 0.15) is 0 Å². The summed E-state index contributed by atoms with van der Waals surface area (Å²) in [6.07, 6.45) is 8.33. The Bertz CT molecular complexity index is 195. The molecule has 0 unspecified atom stereocenters. The average molecular weight is 190 g/mol. The van der Waals surface area contributed by atoms with Gasteiger partial charge in [-0.05, 0) is 12.3 Å². The Morgan fingerprint density at radius 1 is 1.25 bits per heavy atom. The summed E-state index contributed by atoms with van der Waals surface area (Å²) in [6.45, 7) is 3.28. The first-order valence-electron chi connectivity index (χ1n) is 3.99. The van der Waals surface area contributed by atoms with Gasteiger partial charge in [-0.1, -0.05) is 38.2 Å². The maximum absolute atomic E-state index is 12.5. The summed E-state index contributed by atoms with van der Waals surface area (Å²) in [6, 6.07) is 0. The lowest BCUT2D eigenvalue weighted by atomic mass is 9.98. The van der Waals surface area contributed by atoms with E-state index < -0.39 is 13.7 Å². The van der Waals surface area contributed by atoms with Crippen molar-refractivity contribution in [3.63, 3.8) is 0 Å². The van der Waals surface area contributed by atoms with Crippen molar-refractivity contribution in [2.45, 2.75) is 25.4 Å². The van der Waals surface area contributed by atoms with Crippen molar-refractivity contribution in [1.29, 1.82) is 0 Å². The third-order valence-electron chi connectivity index (χ3n) is 2.02. The Labute approximate surface area is 73.3 Å². The third-order valence-corrected chi connectivity index (χ3v) is 3.12. The maximum atomic E-state index is 12.5. The van der Waals surface area contributed by atoms with Gasteiger partial charge in [0.15, 0.2) is 0 Å². The van der Waals surface area contributed by atoms with Crippen molar-refractivity contribution in [3.05, 3.63) is 24.3 Å². The van der Waals surface area contributed by atoms with Crippen LogP contribution in [-0.4, -0.2) is 5.16 Å². The van der Waals surface area contributed by atoms with Gasteiger partial charge in [-0.15, -0.1) is 0 Å². The van der Waals surface area contributed by atoms with Crippen LogP contribution in [0.1, 0.15) is 20.3 Å². The van der Waals surface area contributed by atoms with Crippen molar-refractivity contribution < 1.29 is 8.39 Å². The molecule has 0 aromatic carbocycles. The van der Waals surface area contributed by atoms with Crippen molar-refractivity contribution in [3.8, 4) is 0 Å². The Morgan fingerprint density at radius 3 is 2.17 bits per heavy atom. The van der Waals surface area contributed by atoms with Crippen LogP contribution >= 0.6 is 8.54 Å². The summed E-state index contributed by atoms with van der Waals surface area (Å²) in [5, 5.41) is -0.807. The Morgan fingerprint density at radius 2 is 1.75 bits per heavy atom. The topological polar surface area (TPSA) is 0 Å². The number of hydrogen-bond donors (Lipinski definition) is 0. The van der Waals surface area contributed by atoms with Gasteiger partial charge in [0, 0.05) is 5.16 Å². The lowest BCUT2D eigenvalue weighted by molar-refractivity contribution is 0.523. The van der Waals surface area contributed by atoms with Crippen LogP contribution in [0.4, 0.5) is 8.39 Å². The Balaban J connectivity index is 2.49. The molecule has 1 rings (SSSR count). The third kappa shape index (κ3) is 2.38. The molecule has 0 nitrogen and oxygen atoms in total. The van der Waals surface area contributed by atoms with Gasteiger partial charge < -0.3 is 0 Å². The molecule has 0 radical (unpaired) electrons. The van der Waals surface area contributed by atoms with E-state index in [0.29, 0.717) is 6.42 Å². The predicted octanol–water partition coefficient (Wildman–Crippen LogP) is 4.15. The molecule has 0 aromatic heterocycles. The van der Waals surface area contributed by atoms with Gasteiger partial charge in [0.05, 0.1) is 0 Å². The van der Waals surface area contributed by atoms with E-state index in [1.165, 1.54) is 0 Å². The number of rotatable bonds is 3. The minimum atomic E-state index is -2.83. The summed E-state index contributed by atoms with van der Waals surface area (Å²) in [5.74, 6) is 0.219. The molecule has 0 fully saturated rings. The molecule has 3 heteroatoms. The number of hydrogen-bond acceptors (Lipinski definition) is 0. The highest BCUT2D eigenvalue weighted by Crippen LogP contribution is 2.55. The minimum absolute atomic E-state index is 0.219. The summed E-state index contributed by atoms with van der Waals surface area (Å²) in [4.78, 5) is 0. The lowest BCUT2D eigenvalue weighted by Crippen LogP contribution is -2.17. The van der Waals surface area contributed by atoms with E-state index in [0.717, 1.165) is 0 Å². The molecule has 0 heterocycles. The molecule has 0 N–H and O–H groups in total. The van der Waals surface area contributed by atoms with Crippen LogP contribution in [0.25, 0.3) is 0 Å². The second-order valence-electron chi connectivity index (χ2n) is 3.68. The fourth-order valence-electron chi connectivity index (χ4n) is 1.26. The maximum Gasteiger partial charge on any atom is 0.271 e. The summed E-state index contributed by atoms with van der Waals surface area (Å²) in [7, 11) is -2.83. The van der Waals surface area contributed by atoms with Gasteiger partial charge in [-0.3, -0.25) is 0 Å². The van der Waals surface area contributed by atoms with Crippen LogP contribution < -0.4 is 0 Å². The monoisotopic (exact) mass is 190 g/mol. The summed E-state index contributed by atoms with van der Waals surface area (Å²) >= 11 is 0. The normalized spacial score (nSPS) is 18.1. The van der Waals surface area contributed by atoms with E-state index in [1.807, 2.05) is 24.3 Å². The predicted molar refractivity (Wildman–Crippen MR) is 49.6 cm³/mol. The average Bonchev–Trinajstić information content (AvgIpc) is 2.38. The van der Waals surface area contributed by atoms with E-state index >= 15 is 0 Å². The fourth-order valence-corrected chi connectivity index (χ4v) is 1.61. The minimum Gasteiger partial charge on any atom is -0.188 e. The molecule has 68 valence electrons. The van der Waals surface area contributed by atoms with E-state index in [1.54, 1.807) is 13.8 Å². The van der Waals surface area contributed by atoms with Crippen molar-refractivity contribution in [1.82, 2.24) is 0 Å². The molecule has 0 saturated carbocycles. The van der Waals surface area contributed by atoms with Gasteiger partial charge in [0.2, 0.25) is 0 Å². The van der Waals surface area contributed by atoms with Gasteiger partial charge in [-0.25, -0.2) is 0 Å². The van der Waals surface area contributed by atoms with Crippen LogP contribution in [0.15, 0.2) is 24.3 Å². The fraction of sp³-hybridized carbons (Fsp3) is 0.556. The quantitative estimate of drug-likeness (QED) is 0.586. The second kappa shape index (κ2) is 3.66. The highest BCUT2D eigenvalue weighted by atomic mass is 31.2. The van der Waals surface area contributed by atoms with E-state index in [9.17, 15) is 8.39 Å². The van der Waals surface area contributed by atoms with Crippen LogP contribution in [0.3, 0.4) is 0 Å². The molecule has 0 saturated heterocycles. The molecule has 0 amide bonds. The Kier molecular flexibility index (Phi) is 3.00. The van der Waals surface area contributed by atoms with E-state index in [-0.39, 0.29) is 5.92 Å². The van der Waals surface area contributed by atoms with Crippen LogP contribution in [0.5, 0.6) is 0 Å². The van der Waals surface area contributed by atoms with Gasteiger partial charge in [-0.2, -0.15) is 8.39 Å². The van der Waals surface area contributed by atoms with E-state index in [2.05, 4.69) is 0 Å². The first-order chi connectivity index (χ1) is 5.52. The standard InChI is InChI=1S/C9H13F2P/c1-9(2,12(10)11)7-8-5-3-4-6-8/h3-6,8H,7H2,1-2H3. The smallest absolute Gasteiger partial charge is 0.188 e. The molecule has 0 aliphatic heterocycles. The van der Waals surface area contributed by atoms with Crippen LogP contribution in [-0.2, 0) is 0 Å². The molecular weight excluding hydrogens is 177 g/mol. The zero-order chi connectivity index (χ0) is 9.19. The first-order valence-corrected chi connectivity index (χ1v) is 5.11. The van der Waals surface area contributed by atoms with Gasteiger partial charge >= 0.3 is 0 Å². The summed E-state index contributed by atoms with van der Waals surface area (Å²) < 4.78 is 25.0.